The lowest BCUT2D eigenvalue weighted by molar-refractivity contribution is -0.124. The minimum Gasteiger partial charge on any atom is -0.478 e. The van der Waals surface area contributed by atoms with Crippen LogP contribution in [-0.2, 0) is 9.59 Å². The van der Waals surface area contributed by atoms with Crippen molar-refractivity contribution in [2.45, 2.75) is 33.6 Å². The highest BCUT2D eigenvalue weighted by molar-refractivity contribution is 5.97. The normalized spacial score (nSPS) is 10.0. The van der Waals surface area contributed by atoms with Crippen LogP contribution in [0.15, 0.2) is 12.1 Å². The van der Waals surface area contributed by atoms with Crippen molar-refractivity contribution in [2.75, 3.05) is 11.9 Å². The van der Waals surface area contributed by atoms with Crippen LogP contribution in [0.2, 0.25) is 0 Å². The van der Waals surface area contributed by atoms with E-state index in [9.17, 15) is 14.4 Å². The van der Waals surface area contributed by atoms with E-state index in [1.807, 2.05) is 6.92 Å². The first kappa shape index (κ1) is 16.7. The molecule has 1 aromatic rings. The molecule has 114 valence electrons. The van der Waals surface area contributed by atoms with E-state index in [4.69, 9.17) is 5.11 Å². The van der Waals surface area contributed by atoms with Crippen LogP contribution in [0.3, 0.4) is 0 Å². The molecule has 0 radical (unpaired) electrons. The maximum Gasteiger partial charge on any atom is 0.336 e. The summed E-state index contributed by atoms with van der Waals surface area (Å²) in [7, 11) is 0. The van der Waals surface area contributed by atoms with Crippen molar-refractivity contribution in [2.24, 2.45) is 0 Å². The summed E-state index contributed by atoms with van der Waals surface area (Å²) in [5, 5.41) is 14.2. The van der Waals surface area contributed by atoms with Gasteiger partial charge in [-0.3, -0.25) is 9.59 Å². The summed E-state index contributed by atoms with van der Waals surface area (Å²) in [6.45, 7) is 5.23. The molecule has 0 atom stereocenters. The summed E-state index contributed by atoms with van der Waals surface area (Å²) in [6.07, 6.45) is 1.09. The van der Waals surface area contributed by atoms with Gasteiger partial charge in [-0.05, 0) is 37.5 Å². The Morgan fingerprint density at radius 2 is 1.76 bits per heavy atom. The fraction of sp³-hybridized carbons (Fsp3) is 0.400. The number of hydrogen-bond donors (Lipinski definition) is 3. The zero-order valence-electron chi connectivity index (χ0n) is 12.4. The predicted octanol–water partition coefficient (Wildman–Crippen LogP) is 1.86. The van der Waals surface area contributed by atoms with Gasteiger partial charge in [-0.25, -0.2) is 4.79 Å². The molecule has 0 aliphatic rings. The largest absolute Gasteiger partial charge is 0.478 e. The highest BCUT2D eigenvalue weighted by Crippen LogP contribution is 2.20. The number of benzene rings is 1. The average molecular weight is 292 g/mol. The van der Waals surface area contributed by atoms with E-state index in [0.717, 1.165) is 5.56 Å². The number of hydrogen-bond acceptors (Lipinski definition) is 3. The molecule has 0 heterocycles. The number of carboxylic acids is 1. The molecule has 0 aliphatic carbocycles. The maximum absolute atomic E-state index is 11.8. The summed E-state index contributed by atoms with van der Waals surface area (Å²) < 4.78 is 0. The highest BCUT2D eigenvalue weighted by Gasteiger charge is 2.12. The lowest BCUT2D eigenvalue weighted by Crippen LogP contribution is -2.32. The first-order valence-corrected chi connectivity index (χ1v) is 6.76. The van der Waals surface area contributed by atoms with E-state index < -0.39 is 5.97 Å². The third-order valence-electron chi connectivity index (χ3n) is 3.00. The Bertz CT molecular complexity index is 567. The van der Waals surface area contributed by atoms with Gasteiger partial charge in [0.05, 0.1) is 12.1 Å². The van der Waals surface area contributed by atoms with Crippen molar-refractivity contribution in [3.63, 3.8) is 0 Å². The van der Waals surface area contributed by atoms with Crippen LogP contribution < -0.4 is 10.6 Å². The number of carbonyl (C=O) groups excluding carboxylic acids is 2. The lowest BCUT2D eigenvalue weighted by atomic mass is 10.0. The van der Waals surface area contributed by atoms with Gasteiger partial charge >= 0.3 is 5.97 Å². The topological polar surface area (TPSA) is 95.5 Å². The molecule has 21 heavy (non-hydrogen) atoms. The number of carbonyl (C=O) groups is 3. The fourth-order valence-corrected chi connectivity index (χ4v) is 1.91. The van der Waals surface area contributed by atoms with Gasteiger partial charge in [-0.2, -0.15) is 0 Å². The average Bonchev–Trinajstić information content (AvgIpc) is 2.39. The van der Waals surface area contributed by atoms with E-state index in [0.29, 0.717) is 24.1 Å². The van der Waals surface area contributed by atoms with E-state index in [1.165, 1.54) is 6.07 Å². The van der Waals surface area contributed by atoms with Crippen molar-refractivity contribution in [3.05, 3.63) is 28.8 Å². The van der Waals surface area contributed by atoms with E-state index in [2.05, 4.69) is 10.6 Å². The second-order valence-corrected chi connectivity index (χ2v) is 4.86. The molecule has 0 saturated carbocycles. The first-order chi connectivity index (χ1) is 9.85. The molecule has 3 N–H and O–H groups in total. The van der Waals surface area contributed by atoms with Gasteiger partial charge in [0.2, 0.25) is 11.8 Å². The van der Waals surface area contributed by atoms with Crippen LogP contribution in [-0.4, -0.2) is 29.4 Å². The number of rotatable bonds is 6. The van der Waals surface area contributed by atoms with E-state index in [-0.39, 0.29) is 23.9 Å². The fourth-order valence-electron chi connectivity index (χ4n) is 1.91. The highest BCUT2D eigenvalue weighted by atomic mass is 16.4. The molecule has 6 heteroatoms. The third kappa shape index (κ3) is 4.91. The molecule has 0 bridgehead atoms. The molecule has 2 amide bonds. The number of nitrogens with one attached hydrogen (secondary N) is 2. The van der Waals surface area contributed by atoms with Crippen molar-refractivity contribution in [1.82, 2.24) is 5.32 Å². The Balaban J connectivity index is 2.74. The van der Waals surface area contributed by atoms with Gasteiger partial charge in [-0.15, -0.1) is 0 Å². The summed E-state index contributed by atoms with van der Waals surface area (Å²) in [4.78, 5) is 34.1. The van der Waals surface area contributed by atoms with Crippen molar-refractivity contribution in [1.29, 1.82) is 0 Å². The smallest absolute Gasteiger partial charge is 0.336 e. The lowest BCUT2D eigenvalue weighted by Gasteiger charge is -2.12. The summed E-state index contributed by atoms with van der Waals surface area (Å²) >= 11 is 0. The van der Waals surface area contributed by atoms with Crippen molar-refractivity contribution < 1.29 is 19.5 Å². The van der Waals surface area contributed by atoms with Crippen molar-refractivity contribution >= 4 is 23.5 Å². The molecule has 0 unspecified atom stereocenters. The number of aromatic carboxylic acids is 1. The summed E-state index contributed by atoms with van der Waals surface area (Å²) in [6, 6.07) is 3.13. The number of carboxylic acid groups (broad SMARTS) is 1. The zero-order chi connectivity index (χ0) is 16.0. The molecule has 0 spiro atoms. The molecule has 1 aromatic carbocycles. The number of aryl methyl sites for hydroxylation is 2. The van der Waals surface area contributed by atoms with Gasteiger partial charge in [0.1, 0.15) is 0 Å². The Kier molecular flexibility index (Phi) is 5.90. The minimum absolute atomic E-state index is 0.130. The van der Waals surface area contributed by atoms with Crippen LogP contribution in [0.1, 0.15) is 41.3 Å². The minimum atomic E-state index is -1.04. The molecule has 1 rings (SSSR count). The quantitative estimate of drug-likeness (QED) is 0.745. The first-order valence-electron chi connectivity index (χ1n) is 6.76. The molecule has 0 aromatic heterocycles. The number of anilines is 1. The molecular weight excluding hydrogens is 272 g/mol. The zero-order valence-corrected chi connectivity index (χ0v) is 12.4. The Morgan fingerprint density at radius 1 is 1.10 bits per heavy atom. The second-order valence-electron chi connectivity index (χ2n) is 4.86. The summed E-state index contributed by atoms with van der Waals surface area (Å²) in [5.74, 6) is -1.61. The SMILES string of the molecule is CCCC(=O)NCC(=O)Nc1cc(C(=O)O)c(C)cc1C. The van der Waals surface area contributed by atoms with Gasteiger partial charge in [0.25, 0.3) is 0 Å². The monoisotopic (exact) mass is 292 g/mol. The molecular formula is C15H20N2O4. The van der Waals surface area contributed by atoms with E-state index >= 15 is 0 Å². The molecule has 0 saturated heterocycles. The molecule has 0 aliphatic heterocycles. The van der Waals surface area contributed by atoms with Gasteiger partial charge in [-0.1, -0.05) is 13.0 Å². The van der Waals surface area contributed by atoms with Crippen LogP contribution in [0.25, 0.3) is 0 Å². The van der Waals surface area contributed by atoms with Gasteiger partial charge in [0.15, 0.2) is 0 Å². The van der Waals surface area contributed by atoms with Gasteiger partial charge < -0.3 is 15.7 Å². The maximum atomic E-state index is 11.8. The Hall–Kier alpha value is -2.37. The summed E-state index contributed by atoms with van der Waals surface area (Å²) in [5.41, 5.74) is 1.98. The predicted molar refractivity (Wildman–Crippen MR) is 79.4 cm³/mol. The third-order valence-corrected chi connectivity index (χ3v) is 3.00. The second kappa shape index (κ2) is 7.42. The Labute approximate surface area is 123 Å². The molecule has 6 nitrogen and oxygen atoms in total. The molecule has 0 fully saturated rings. The van der Waals surface area contributed by atoms with Crippen LogP contribution in [0.4, 0.5) is 5.69 Å². The van der Waals surface area contributed by atoms with Gasteiger partial charge in [0, 0.05) is 12.1 Å². The van der Waals surface area contributed by atoms with Crippen molar-refractivity contribution in [3.8, 4) is 0 Å². The van der Waals surface area contributed by atoms with Crippen LogP contribution in [0.5, 0.6) is 0 Å². The van der Waals surface area contributed by atoms with Crippen LogP contribution in [0, 0.1) is 13.8 Å². The van der Waals surface area contributed by atoms with Crippen LogP contribution >= 0.6 is 0 Å². The van der Waals surface area contributed by atoms with E-state index in [1.54, 1.807) is 19.9 Å². The number of amides is 2. The standard InChI is InChI=1S/C15H20N2O4/c1-4-5-13(18)16-8-14(19)17-12-7-11(15(20)21)9(2)6-10(12)3/h6-7H,4-5,8H2,1-3H3,(H,16,18)(H,17,19)(H,20,21). The Morgan fingerprint density at radius 3 is 2.33 bits per heavy atom.